The highest BCUT2D eigenvalue weighted by atomic mass is 32.2. The second-order valence-corrected chi connectivity index (χ2v) is 8.49. The molecule has 25 heavy (non-hydrogen) atoms. The zero-order valence-electron chi connectivity index (χ0n) is 14.9. The number of carbonyl (C=O) groups excluding carboxylic acids is 1. The maximum absolute atomic E-state index is 13.0. The standard InChI is InChI=1S/C19H25N3OS2/c1-15(2)11-21-7-9-22(10-8-21)19(23)17-5-3-4-6-18(17)25-13-16-12-24-14-20-16/h3-6,12,14-15H,7-11,13H2,1-2H3. The molecule has 0 saturated carbocycles. The molecule has 0 N–H and O–H groups in total. The molecule has 134 valence electrons. The average Bonchev–Trinajstić information content (AvgIpc) is 3.13. The number of rotatable bonds is 6. The number of hydrogen-bond acceptors (Lipinski definition) is 5. The molecule has 1 amide bonds. The minimum absolute atomic E-state index is 0.158. The minimum atomic E-state index is 0.158. The first-order valence-electron chi connectivity index (χ1n) is 8.74. The number of thiazole rings is 1. The minimum Gasteiger partial charge on any atom is -0.336 e. The highest BCUT2D eigenvalue weighted by Gasteiger charge is 2.24. The Morgan fingerprint density at radius 2 is 2.00 bits per heavy atom. The lowest BCUT2D eigenvalue weighted by atomic mass is 10.1. The van der Waals surface area contributed by atoms with Gasteiger partial charge in [0, 0.05) is 48.8 Å². The lowest BCUT2D eigenvalue weighted by Gasteiger charge is -2.35. The molecule has 6 heteroatoms. The molecule has 0 bridgehead atoms. The van der Waals surface area contributed by atoms with Gasteiger partial charge in [0.25, 0.3) is 5.91 Å². The molecule has 1 aromatic heterocycles. The molecule has 0 atom stereocenters. The maximum atomic E-state index is 13.0. The molecular weight excluding hydrogens is 350 g/mol. The van der Waals surface area contributed by atoms with Gasteiger partial charge in [0.05, 0.1) is 16.8 Å². The number of benzene rings is 1. The van der Waals surface area contributed by atoms with Crippen LogP contribution >= 0.6 is 23.1 Å². The van der Waals surface area contributed by atoms with Crippen molar-refractivity contribution in [1.29, 1.82) is 0 Å². The van der Waals surface area contributed by atoms with Gasteiger partial charge < -0.3 is 4.90 Å². The Morgan fingerprint density at radius 3 is 2.68 bits per heavy atom. The summed E-state index contributed by atoms with van der Waals surface area (Å²) in [5, 5.41) is 2.06. The number of carbonyl (C=O) groups is 1. The van der Waals surface area contributed by atoms with Crippen molar-refractivity contribution in [3.8, 4) is 0 Å². The summed E-state index contributed by atoms with van der Waals surface area (Å²) in [6.45, 7) is 9.17. The van der Waals surface area contributed by atoms with Crippen LogP contribution in [-0.2, 0) is 5.75 Å². The molecular formula is C19H25N3OS2. The van der Waals surface area contributed by atoms with Crippen molar-refractivity contribution < 1.29 is 4.79 Å². The molecule has 1 aliphatic heterocycles. The number of nitrogens with zero attached hydrogens (tertiary/aromatic N) is 3. The summed E-state index contributed by atoms with van der Waals surface area (Å²) >= 11 is 3.30. The highest BCUT2D eigenvalue weighted by molar-refractivity contribution is 7.98. The van der Waals surface area contributed by atoms with E-state index in [9.17, 15) is 4.79 Å². The molecule has 1 aromatic carbocycles. The first-order chi connectivity index (χ1) is 12.1. The first-order valence-corrected chi connectivity index (χ1v) is 10.7. The Morgan fingerprint density at radius 1 is 1.24 bits per heavy atom. The molecule has 0 spiro atoms. The van der Waals surface area contributed by atoms with E-state index in [2.05, 4.69) is 29.1 Å². The van der Waals surface area contributed by atoms with E-state index in [1.807, 2.05) is 34.7 Å². The van der Waals surface area contributed by atoms with Crippen LogP contribution in [0, 0.1) is 5.92 Å². The van der Waals surface area contributed by atoms with Crippen LogP contribution in [0.2, 0.25) is 0 Å². The van der Waals surface area contributed by atoms with Gasteiger partial charge in [0.2, 0.25) is 0 Å². The summed E-state index contributed by atoms with van der Waals surface area (Å²) in [7, 11) is 0. The predicted octanol–water partition coefficient (Wildman–Crippen LogP) is 3.85. The Kier molecular flexibility index (Phi) is 6.51. The van der Waals surface area contributed by atoms with Gasteiger partial charge >= 0.3 is 0 Å². The van der Waals surface area contributed by atoms with Gasteiger partial charge in [0.1, 0.15) is 0 Å². The van der Waals surface area contributed by atoms with Gasteiger partial charge in [-0.2, -0.15) is 0 Å². The van der Waals surface area contributed by atoms with Crippen molar-refractivity contribution in [2.45, 2.75) is 24.5 Å². The molecule has 1 aliphatic rings. The van der Waals surface area contributed by atoms with Crippen LogP contribution in [0.4, 0.5) is 0 Å². The van der Waals surface area contributed by atoms with Crippen LogP contribution in [0.15, 0.2) is 40.1 Å². The maximum Gasteiger partial charge on any atom is 0.255 e. The van der Waals surface area contributed by atoms with Crippen molar-refractivity contribution in [2.24, 2.45) is 5.92 Å². The van der Waals surface area contributed by atoms with Crippen molar-refractivity contribution >= 4 is 29.0 Å². The largest absolute Gasteiger partial charge is 0.336 e. The van der Waals surface area contributed by atoms with E-state index in [1.165, 1.54) is 0 Å². The Labute approximate surface area is 158 Å². The van der Waals surface area contributed by atoms with E-state index >= 15 is 0 Å². The van der Waals surface area contributed by atoms with Gasteiger partial charge in [-0.3, -0.25) is 9.69 Å². The van der Waals surface area contributed by atoms with Crippen molar-refractivity contribution in [1.82, 2.24) is 14.8 Å². The van der Waals surface area contributed by atoms with Crippen LogP contribution in [-0.4, -0.2) is 53.4 Å². The van der Waals surface area contributed by atoms with Crippen LogP contribution in [0.3, 0.4) is 0 Å². The fourth-order valence-corrected chi connectivity index (χ4v) is 4.66. The second kappa shape index (κ2) is 8.83. The molecule has 3 rings (SSSR count). The molecule has 0 radical (unpaired) electrons. The van der Waals surface area contributed by atoms with E-state index in [0.29, 0.717) is 5.92 Å². The lowest BCUT2D eigenvalue weighted by Crippen LogP contribution is -2.49. The molecule has 4 nitrogen and oxygen atoms in total. The number of piperazine rings is 1. The van der Waals surface area contributed by atoms with Crippen LogP contribution in [0.5, 0.6) is 0 Å². The fraction of sp³-hybridized carbons (Fsp3) is 0.474. The average molecular weight is 376 g/mol. The Hall–Kier alpha value is -1.37. The van der Waals surface area contributed by atoms with Gasteiger partial charge in [0.15, 0.2) is 0 Å². The van der Waals surface area contributed by atoms with Gasteiger partial charge in [-0.05, 0) is 18.1 Å². The summed E-state index contributed by atoms with van der Waals surface area (Å²) in [5.41, 5.74) is 3.74. The quantitative estimate of drug-likeness (QED) is 0.719. The molecule has 2 heterocycles. The van der Waals surface area contributed by atoms with Gasteiger partial charge in [-0.15, -0.1) is 23.1 Å². The second-order valence-electron chi connectivity index (χ2n) is 6.75. The smallest absolute Gasteiger partial charge is 0.255 e. The summed E-state index contributed by atoms with van der Waals surface area (Å²) in [5.74, 6) is 1.63. The monoisotopic (exact) mass is 375 g/mol. The van der Waals surface area contributed by atoms with E-state index < -0.39 is 0 Å². The molecule has 1 fully saturated rings. The van der Waals surface area contributed by atoms with E-state index in [0.717, 1.165) is 54.6 Å². The Bertz CT molecular complexity index is 680. The molecule has 1 saturated heterocycles. The van der Waals surface area contributed by atoms with Crippen LogP contribution < -0.4 is 0 Å². The molecule has 2 aromatic rings. The van der Waals surface area contributed by atoms with Crippen molar-refractivity contribution in [3.05, 3.63) is 46.4 Å². The lowest BCUT2D eigenvalue weighted by molar-refractivity contribution is 0.0620. The summed E-state index contributed by atoms with van der Waals surface area (Å²) < 4.78 is 0. The first kappa shape index (κ1) is 18.4. The van der Waals surface area contributed by atoms with E-state index in [1.54, 1.807) is 23.1 Å². The zero-order valence-corrected chi connectivity index (χ0v) is 16.5. The summed E-state index contributed by atoms with van der Waals surface area (Å²) in [6.07, 6.45) is 0. The number of amides is 1. The fourth-order valence-electron chi connectivity index (χ4n) is 3.05. The van der Waals surface area contributed by atoms with Gasteiger partial charge in [-0.25, -0.2) is 4.98 Å². The van der Waals surface area contributed by atoms with E-state index in [-0.39, 0.29) is 5.91 Å². The zero-order chi connectivity index (χ0) is 17.6. The third-order valence-electron chi connectivity index (χ3n) is 4.26. The van der Waals surface area contributed by atoms with Crippen LogP contribution in [0.25, 0.3) is 0 Å². The number of aromatic nitrogens is 1. The molecule has 0 unspecified atom stereocenters. The molecule has 0 aliphatic carbocycles. The normalized spacial score (nSPS) is 15.7. The van der Waals surface area contributed by atoms with Crippen molar-refractivity contribution in [2.75, 3.05) is 32.7 Å². The SMILES string of the molecule is CC(C)CN1CCN(C(=O)c2ccccc2SCc2cscn2)CC1. The topological polar surface area (TPSA) is 36.4 Å². The van der Waals surface area contributed by atoms with Crippen LogP contribution in [0.1, 0.15) is 29.9 Å². The van der Waals surface area contributed by atoms with Gasteiger partial charge in [-0.1, -0.05) is 26.0 Å². The highest BCUT2D eigenvalue weighted by Crippen LogP contribution is 2.27. The third kappa shape index (κ3) is 5.06. The Balaban J connectivity index is 1.62. The summed E-state index contributed by atoms with van der Waals surface area (Å²) in [4.78, 5) is 22.8. The van der Waals surface area contributed by atoms with E-state index in [4.69, 9.17) is 0 Å². The predicted molar refractivity (Wildman–Crippen MR) is 105 cm³/mol. The summed E-state index contributed by atoms with van der Waals surface area (Å²) in [6, 6.07) is 7.95. The number of thioether (sulfide) groups is 1. The third-order valence-corrected chi connectivity index (χ3v) is 6.00. The van der Waals surface area contributed by atoms with Crippen molar-refractivity contribution in [3.63, 3.8) is 0 Å². The number of hydrogen-bond donors (Lipinski definition) is 0.